The summed E-state index contributed by atoms with van der Waals surface area (Å²) >= 11 is 0. The molecule has 1 atom stereocenters. The predicted molar refractivity (Wildman–Crippen MR) is 68.7 cm³/mol. The lowest BCUT2D eigenvalue weighted by Gasteiger charge is -2.14. The third-order valence-electron chi connectivity index (χ3n) is 2.92. The van der Waals surface area contributed by atoms with Gasteiger partial charge in [0.1, 0.15) is 0 Å². The largest absolute Gasteiger partial charge is 0.462 e. The van der Waals surface area contributed by atoms with E-state index in [0.717, 1.165) is 25.7 Å². The van der Waals surface area contributed by atoms with Crippen LogP contribution < -0.4 is 0 Å². The summed E-state index contributed by atoms with van der Waals surface area (Å²) in [6.07, 6.45) is -0.0289. The Kier molecular flexibility index (Phi) is 8.52. The molecule has 5 heteroatoms. The van der Waals surface area contributed by atoms with E-state index in [4.69, 9.17) is 4.74 Å². The van der Waals surface area contributed by atoms with Crippen molar-refractivity contribution in [3.8, 4) is 0 Å². The van der Waals surface area contributed by atoms with E-state index in [0.29, 0.717) is 18.6 Å². The molecule has 0 aromatic rings. The van der Waals surface area contributed by atoms with Crippen LogP contribution in [0, 0.1) is 5.92 Å². The number of esters is 1. The molecule has 0 rings (SSSR count). The average molecular weight is 280 g/mol. The average Bonchev–Trinajstić information content (AvgIpc) is 2.30. The second-order valence-corrected chi connectivity index (χ2v) is 4.92. The second kappa shape index (κ2) is 8.99. The van der Waals surface area contributed by atoms with Crippen LogP contribution >= 0.6 is 0 Å². The molecule has 0 aromatic heterocycles. The molecule has 19 heavy (non-hydrogen) atoms. The van der Waals surface area contributed by atoms with Crippen LogP contribution in [0.3, 0.4) is 0 Å². The van der Waals surface area contributed by atoms with Crippen molar-refractivity contribution in [1.29, 1.82) is 0 Å². The maximum Gasteiger partial charge on any atom is 0.391 e. The summed E-state index contributed by atoms with van der Waals surface area (Å²) in [6, 6.07) is 0. The zero-order valence-electron chi connectivity index (χ0n) is 11.7. The highest BCUT2D eigenvalue weighted by atomic mass is 19.4. The standard InChI is InChI=1S/C14H23F3O2/c1-11(2)13(18)19-10-8-6-4-5-7-9-12(3)14(15,16)17/h12H,1,4-10H2,2-3H3. The maximum absolute atomic E-state index is 12.2. The van der Waals surface area contributed by atoms with Crippen molar-refractivity contribution in [2.24, 2.45) is 5.92 Å². The maximum atomic E-state index is 12.2. The van der Waals surface area contributed by atoms with E-state index in [1.165, 1.54) is 6.92 Å². The van der Waals surface area contributed by atoms with E-state index < -0.39 is 12.1 Å². The van der Waals surface area contributed by atoms with Gasteiger partial charge in [-0.2, -0.15) is 13.2 Å². The zero-order valence-corrected chi connectivity index (χ0v) is 11.7. The topological polar surface area (TPSA) is 26.3 Å². The molecular weight excluding hydrogens is 257 g/mol. The van der Waals surface area contributed by atoms with E-state index in [9.17, 15) is 18.0 Å². The summed E-state index contributed by atoms with van der Waals surface area (Å²) in [5.41, 5.74) is 0.376. The van der Waals surface area contributed by atoms with Crippen molar-refractivity contribution in [2.75, 3.05) is 6.61 Å². The highest BCUT2D eigenvalue weighted by Gasteiger charge is 2.34. The number of rotatable bonds is 9. The fraction of sp³-hybridized carbons (Fsp3) is 0.786. The van der Waals surface area contributed by atoms with Gasteiger partial charge in [-0.3, -0.25) is 0 Å². The van der Waals surface area contributed by atoms with E-state index in [2.05, 4.69) is 6.58 Å². The van der Waals surface area contributed by atoms with E-state index >= 15 is 0 Å². The third-order valence-corrected chi connectivity index (χ3v) is 2.92. The molecule has 0 aliphatic carbocycles. The number of ether oxygens (including phenoxy) is 1. The van der Waals surface area contributed by atoms with Gasteiger partial charge in [-0.1, -0.05) is 39.2 Å². The normalized spacial score (nSPS) is 13.1. The Morgan fingerprint density at radius 1 is 1.16 bits per heavy atom. The highest BCUT2D eigenvalue weighted by molar-refractivity contribution is 5.86. The number of alkyl halides is 3. The molecule has 0 radical (unpaired) electrons. The van der Waals surface area contributed by atoms with Crippen LogP contribution in [0.2, 0.25) is 0 Å². The van der Waals surface area contributed by atoms with Gasteiger partial charge < -0.3 is 4.74 Å². The Hall–Kier alpha value is -1.00. The summed E-state index contributed by atoms with van der Waals surface area (Å²) in [7, 11) is 0. The predicted octanol–water partition coefficient (Wildman–Crippen LogP) is 4.64. The fourth-order valence-electron chi connectivity index (χ4n) is 1.53. The number of hydrogen-bond donors (Lipinski definition) is 0. The minimum Gasteiger partial charge on any atom is -0.462 e. The molecule has 0 saturated heterocycles. The van der Waals surface area contributed by atoms with Crippen molar-refractivity contribution in [1.82, 2.24) is 0 Å². The van der Waals surface area contributed by atoms with E-state index in [1.807, 2.05) is 0 Å². The van der Waals surface area contributed by atoms with Crippen LogP contribution in [0.1, 0.15) is 52.4 Å². The summed E-state index contributed by atoms with van der Waals surface area (Å²) < 4.78 is 41.5. The molecule has 0 bridgehead atoms. The Balaban J connectivity index is 3.37. The van der Waals surface area contributed by atoms with Crippen molar-refractivity contribution in [2.45, 2.75) is 58.5 Å². The number of unbranched alkanes of at least 4 members (excludes halogenated alkanes) is 4. The van der Waals surface area contributed by atoms with Gasteiger partial charge in [0.05, 0.1) is 12.5 Å². The van der Waals surface area contributed by atoms with E-state index in [1.54, 1.807) is 6.92 Å². The van der Waals surface area contributed by atoms with Gasteiger partial charge in [0.25, 0.3) is 0 Å². The Labute approximate surface area is 113 Å². The zero-order chi connectivity index (χ0) is 14.9. The molecule has 0 N–H and O–H groups in total. The number of halogens is 3. The molecule has 2 nitrogen and oxygen atoms in total. The van der Waals surface area contributed by atoms with E-state index in [-0.39, 0.29) is 12.4 Å². The van der Waals surface area contributed by atoms with Gasteiger partial charge in [0.2, 0.25) is 0 Å². The van der Waals surface area contributed by atoms with Gasteiger partial charge >= 0.3 is 12.1 Å². The molecule has 1 unspecified atom stereocenters. The van der Waals surface area contributed by atoms with Crippen LogP contribution in [0.5, 0.6) is 0 Å². The summed E-state index contributed by atoms with van der Waals surface area (Å²) in [5, 5.41) is 0. The smallest absolute Gasteiger partial charge is 0.391 e. The minimum atomic E-state index is -4.07. The first kappa shape index (κ1) is 18.0. The van der Waals surface area contributed by atoms with Crippen LogP contribution in [0.25, 0.3) is 0 Å². The van der Waals surface area contributed by atoms with Gasteiger partial charge in [0, 0.05) is 5.57 Å². The molecule has 112 valence electrons. The molecule has 0 amide bonds. The number of hydrogen-bond acceptors (Lipinski definition) is 2. The lowest BCUT2D eigenvalue weighted by atomic mass is 10.0. The molecule has 0 aliphatic rings. The molecule has 0 saturated carbocycles. The lowest BCUT2D eigenvalue weighted by Crippen LogP contribution is -2.19. The van der Waals surface area contributed by atoms with Crippen LogP contribution in [0.15, 0.2) is 12.2 Å². The molecule has 0 heterocycles. The number of carbonyl (C=O) groups excluding carboxylic acids is 1. The molecule has 0 aromatic carbocycles. The molecule has 0 aliphatic heterocycles. The number of carbonyl (C=O) groups is 1. The van der Waals surface area contributed by atoms with Crippen LogP contribution in [-0.4, -0.2) is 18.8 Å². The molecular formula is C14H23F3O2. The van der Waals surface area contributed by atoms with Crippen LogP contribution in [-0.2, 0) is 9.53 Å². The van der Waals surface area contributed by atoms with Gasteiger partial charge in [-0.25, -0.2) is 4.79 Å². The summed E-state index contributed by atoms with van der Waals surface area (Å²) in [4.78, 5) is 11.0. The van der Waals surface area contributed by atoms with Crippen molar-refractivity contribution in [3.05, 3.63) is 12.2 Å². The van der Waals surface area contributed by atoms with Gasteiger partial charge in [0.15, 0.2) is 0 Å². The van der Waals surface area contributed by atoms with Crippen molar-refractivity contribution >= 4 is 5.97 Å². The first-order chi connectivity index (χ1) is 8.75. The first-order valence-electron chi connectivity index (χ1n) is 6.64. The molecule has 0 spiro atoms. The van der Waals surface area contributed by atoms with Gasteiger partial charge in [-0.05, 0) is 19.8 Å². The lowest BCUT2D eigenvalue weighted by molar-refractivity contribution is -0.171. The Bertz CT molecular complexity index is 285. The SMILES string of the molecule is C=C(C)C(=O)OCCCCCCCC(C)C(F)(F)F. The van der Waals surface area contributed by atoms with Crippen molar-refractivity contribution < 1.29 is 22.7 Å². The third kappa shape index (κ3) is 9.56. The minimum absolute atomic E-state index is 0.189. The second-order valence-electron chi connectivity index (χ2n) is 4.92. The quantitative estimate of drug-likeness (QED) is 0.349. The molecule has 0 fully saturated rings. The summed E-state index contributed by atoms with van der Waals surface area (Å²) in [6.45, 7) is 6.62. The first-order valence-corrected chi connectivity index (χ1v) is 6.64. The fourth-order valence-corrected chi connectivity index (χ4v) is 1.53. The Morgan fingerprint density at radius 3 is 2.21 bits per heavy atom. The Morgan fingerprint density at radius 2 is 1.68 bits per heavy atom. The monoisotopic (exact) mass is 280 g/mol. The van der Waals surface area contributed by atoms with Crippen LogP contribution in [0.4, 0.5) is 13.2 Å². The highest BCUT2D eigenvalue weighted by Crippen LogP contribution is 2.29. The van der Waals surface area contributed by atoms with Crippen molar-refractivity contribution in [3.63, 3.8) is 0 Å². The van der Waals surface area contributed by atoms with Gasteiger partial charge in [-0.15, -0.1) is 0 Å². The summed E-state index contributed by atoms with van der Waals surface area (Å²) in [5.74, 6) is -1.61.